The van der Waals surface area contributed by atoms with Gasteiger partial charge in [0, 0.05) is 24.2 Å². The minimum absolute atomic E-state index is 0.0613. The molecule has 1 aromatic carbocycles. The van der Waals surface area contributed by atoms with Crippen molar-refractivity contribution in [2.75, 3.05) is 25.5 Å². The van der Waals surface area contributed by atoms with Gasteiger partial charge in [-0.05, 0) is 18.7 Å². The average Bonchev–Trinajstić information content (AvgIpc) is 2.44. The molecule has 3 N–H and O–H groups in total. The third-order valence-electron chi connectivity index (χ3n) is 2.85. The fourth-order valence-electron chi connectivity index (χ4n) is 1.66. The SMILES string of the molecule is CCNCC(C)C(=O)Nc1ccc(C(=O)O)c(OC)c1. The van der Waals surface area contributed by atoms with Gasteiger partial charge in [0.15, 0.2) is 0 Å². The molecule has 0 heterocycles. The fraction of sp³-hybridized carbons (Fsp3) is 0.429. The molecule has 0 fully saturated rings. The molecule has 0 aliphatic heterocycles. The van der Waals surface area contributed by atoms with Gasteiger partial charge in [-0.1, -0.05) is 13.8 Å². The molecule has 1 amide bonds. The number of ether oxygens (including phenoxy) is 1. The number of nitrogens with one attached hydrogen (secondary N) is 2. The molecule has 110 valence electrons. The minimum atomic E-state index is -1.07. The molecule has 0 aliphatic carbocycles. The molecule has 1 atom stereocenters. The van der Waals surface area contributed by atoms with Crippen LogP contribution in [0, 0.1) is 5.92 Å². The van der Waals surface area contributed by atoms with E-state index in [0.717, 1.165) is 6.54 Å². The second kappa shape index (κ2) is 7.49. The largest absolute Gasteiger partial charge is 0.496 e. The highest BCUT2D eigenvalue weighted by atomic mass is 16.5. The lowest BCUT2D eigenvalue weighted by Gasteiger charge is -2.13. The van der Waals surface area contributed by atoms with E-state index >= 15 is 0 Å². The number of aromatic carboxylic acids is 1. The number of carbonyl (C=O) groups excluding carboxylic acids is 1. The molecule has 0 aromatic heterocycles. The number of carboxylic acids is 1. The van der Waals surface area contributed by atoms with E-state index < -0.39 is 5.97 Å². The molecule has 0 spiro atoms. The van der Waals surface area contributed by atoms with Gasteiger partial charge in [-0.2, -0.15) is 0 Å². The van der Waals surface area contributed by atoms with Crippen LogP contribution in [0.15, 0.2) is 18.2 Å². The summed E-state index contributed by atoms with van der Waals surface area (Å²) in [7, 11) is 1.39. The zero-order valence-corrected chi connectivity index (χ0v) is 11.9. The van der Waals surface area contributed by atoms with E-state index in [-0.39, 0.29) is 23.1 Å². The van der Waals surface area contributed by atoms with Gasteiger partial charge in [-0.25, -0.2) is 4.79 Å². The number of hydrogen-bond donors (Lipinski definition) is 3. The van der Waals surface area contributed by atoms with E-state index in [1.807, 2.05) is 13.8 Å². The summed E-state index contributed by atoms with van der Waals surface area (Å²) in [5.74, 6) is -1.16. The van der Waals surface area contributed by atoms with Gasteiger partial charge in [0.05, 0.1) is 7.11 Å². The van der Waals surface area contributed by atoms with Crippen molar-refractivity contribution in [3.05, 3.63) is 23.8 Å². The summed E-state index contributed by atoms with van der Waals surface area (Å²) in [4.78, 5) is 22.9. The van der Waals surface area contributed by atoms with Crippen LogP contribution in [0.5, 0.6) is 5.75 Å². The Bertz CT molecular complexity index is 488. The van der Waals surface area contributed by atoms with Gasteiger partial charge >= 0.3 is 5.97 Å². The van der Waals surface area contributed by atoms with Crippen LogP contribution in [-0.4, -0.2) is 37.2 Å². The molecule has 6 heteroatoms. The van der Waals surface area contributed by atoms with E-state index in [2.05, 4.69) is 10.6 Å². The van der Waals surface area contributed by atoms with Crippen molar-refractivity contribution in [1.29, 1.82) is 0 Å². The zero-order valence-electron chi connectivity index (χ0n) is 11.9. The van der Waals surface area contributed by atoms with Crippen molar-refractivity contribution in [2.45, 2.75) is 13.8 Å². The Balaban J connectivity index is 2.78. The molecule has 0 saturated heterocycles. The number of hydrogen-bond acceptors (Lipinski definition) is 4. The number of anilines is 1. The van der Waals surface area contributed by atoms with Crippen molar-refractivity contribution in [1.82, 2.24) is 5.32 Å². The summed E-state index contributed by atoms with van der Waals surface area (Å²) in [6.07, 6.45) is 0. The number of rotatable bonds is 7. The predicted molar refractivity (Wildman–Crippen MR) is 76.3 cm³/mol. The van der Waals surface area contributed by atoms with Gasteiger partial charge in [-0.15, -0.1) is 0 Å². The smallest absolute Gasteiger partial charge is 0.339 e. The Kier molecular flexibility index (Phi) is 5.99. The summed E-state index contributed by atoms with van der Waals surface area (Å²) in [5, 5.41) is 14.8. The fourth-order valence-corrected chi connectivity index (χ4v) is 1.66. The Hall–Kier alpha value is -2.08. The number of benzene rings is 1. The Morgan fingerprint density at radius 2 is 2.10 bits per heavy atom. The number of carbonyl (C=O) groups is 2. The van der Waals surface area contributed by atoms with E-state index in [1.54, 1.807) is 6.07 Å². The van der Waals surface area contributed by atoms with Crippen molar-refractivity contribution in [3.63, 3.8) is 0 Å². The molecule has 0 radical (unpaired) electrons. The predicted octanol–water partition coefficient (Wildman–Crippen LogP) is 1.58. The van der Waals surface area contributed by atoms with Crippen LogP contribution in [0.4, 0.5) is 5.69 Å². The highest BCUT2D eigenvalue weighted by Crippen LogP contribution is 2.23. The van der Waals surface area contributed by atoms with E-state index in [1.165, 1.54) is 19.2 Å². The number of methoxy groups -OCH3 is 1. The summed E-state index contributed by atoms with van der Waals surface area (Å²) in [5.41, 5.74) is 0.575. The quantitative estimate of drug-likeness (QED) is 0.705. The molecule has 0 aliphatic rings. The highest BCUT2D eigenvalue weighted by molar-refractivity contribution is 5.95. The highest BCUT2D eigenvalue weighted by Gasteiger charge is 2.15. The Morgan fingerprint density at radius 1 is 1.40 bits per heavy atom. The first-order valence-electron chi connectivity index (χ1n) is 6.42. The van der Waals surface area contributed by atoms with Crippen LogP contribution in [0.2, 0.25) is 0 Å². The molecule has 1 rings (SSSR count). The van der Waals surface area contributed by atoms with E-state index in [4.69, 9.17) is 9.84 Å². The van der Waals surface area contributed by atoms with Crippen LogP contribution in [0.3, 0.4) is 0 Å². The first-order chi connectivity index (χ1) is 9.49. The zero-order chi connectivity index (χ0) is 15.1. The molecule has 20 heavy (non-hydrogen) atoms. The number of amides is 1. The van der Waals surface area contributed by atoms with Gasteiger partial charge in [0.25, 0.3) is 0 Å². The van der Waals surface area contributed by atoms with Crippen molar-refractivity contribution >= 4 is 17.6 Å². The van der Waals surface area contributed by atoms with Crippen molar-refractivity contribution < 1.29 is 19.4 Å². The van der Waals surface area contributed by atoms with Gasteiger partial charge in [0.2, 0.25) is 5.91 Å². The van der Waals surface area contributed by atoms with E-state index in [9.17, 15) is 9.59 Å². The lowest BCUT2D eigenvalue weighted by atomic mass is 10.1. The van der Waals surface area contributed by atoms with Crippen LogP contribution in [0.1, 0.15) is 24.2 Å². The lowest BCUT2D eigenvalue weighted by molar-refractivity contribution is -0.119. The lowest BCUT2D eigenvalue weighted by Crippen LogP contribution is -2.30. The molecule has 0 bridgehead atoms. The molecular formula is C14H20N2O4. The normalized spacial score (nSPS) is 11.8. The second-order valence-electron chi connectivity index (χ2n) is 4.42. The first kappa shape index (κ1) is 16.0. The van der Waals surface area contributed by atoms with Crippen LogP contribution < -0.4 is 15.4 Å². The monoisotopic (exact) mass is 280 g/mol. The summed E-state index contributed by atoms with van der Waals surface area (Å²) < 4.78 is 5.01. The molecular weight excluding hydrogens is 260 g/mol. The Labute approximate surface area is 118 Å². The standard InChI is InChI=1S/C14H20N2O4/c1-4-15-8-9(2)13(17)16-10-5-6-11(14(18)19)12(7-10)20-3/h5-7,9,15H,4,8H2,1-3H3,(H,16,17)(H,18,19). The molecule has 1 unspecified atom stereocenters. The summed E-state index contributed by atoms with van der Waals surface area (Å²) in [6, 6.07) is 4.46. The van der Waals surface area contributed by atoms with E-state index in [0.29, 0.717) is 12.2 Å². The van der Waals surface area contributed by atoms with Gasteiger partial charge < -0.3 is 20.5 Å². The third kappa shape index (κ3) is 4.24. The van der Waals surface area contributed by atoms with Crippen molar-refractivity contribution in [2.24, 2.45) is 5.92 Å². The summed E-state index contributed by atoms with van der Waals surface area (Å²) in [6.45, 7) is 5.19. The molecule has 0 saturated carbocycles. The Morgan fingerprint density at radius 3 is 2.65 bits per heavy atom. The maximum Gasteiger partial charge on any atom is 0.339 e. The third-order valence-corrected chi connectivity index (χ3v) is 2.85. The number of carboxylic acid groups (broad SMARTS) is 1. The van der Waals surface area contributed by atoms with Gasteiger partial charge in [0.1, 0.15) is 11.3 Å². The van der Waals surface area contributed by atoms with Crippen LogP contribution in [-0.2, 0) is 4.79 Å². The van der Waals surface area contributed by atoms with Gasteiger partial charge in [-0.3, -0.25) is 4.79 Å². The second-order valence-corrected chi connectivity index (χ2v) is 4.42. The average molecular weight is 280 g/mol. The minimum Gasteiger partial charge on any atom is -0.496 e. The summed E-state index contributed by atoms with van der Waals surface area (Å²) >= 11 is 0. The molecule has 1 aromatic rings. The maximum atomic E-state index is 11.9. The van der Waals surface area contributed by atoms with Crippen LogP contribution >= 0.6 is 0 Å². The van der Waals surface area contributed by atoms with Crippen LogP contribution in [0.25, 0.3) is 0 Å². The first-order valence-corrected chi connectivity index (χ1v) is 6.42. The molecule has 6 nitrogen and oxygen atoms in total. The topological polar surface area (TPSA) is 87.7 Å². The van der Waals surface area contributed by atoms with Crippen molar-refractivity contribution in [3.8, 4) is 5.75 Å². The maximum absolute atomic E-state index is 11.9.